The largest absolute Gasteiger partial charge is 0.322 e. The van der Waals surface area contributed by atoms with Crippen LogP contribution >= 0.6 is 23.2 Å². The Morgan fingerprint density at radius 3 is 2.59 bits per heavy atom. The molecule has 0 spiro atoms. The van der Waals surface area contributed by atoms with Crippen LogP contribution in [0.15, 0.2) is 54.7 Å². The summed E-state index contributed by atoms with van der Waals surface area (Å²) in [6.07, 6.45) is 2.40. The highest BCUT2D eigenvalue weighted by atomic mass is 35.5. The number of pyridine rings is 1. The maximum absolute atomic E-state index is 13.0. The van der Waals surface area contributed by atoms with E-state index in [1.807, 2.05) is 48.7 Å². The lowest BCUT2D eigenvalue weighted by molar-refractivity contribution is -0.136. The SMILES string of the molecule is O=C1CCC(N2Cc3cc(-c4cc(CN5CC(c6ccc(Cl)c(Cl)c6)C5)ccn4)ccc3C2=O)C(=O)N1. The van der Waals surface area contributed by atoms with Gasteiger partial charge in [-0.25, -0.2) is 0 Å². The zero-order valence-corrected chi connectivity index (χ0v) is 21.4. The van der Waals surface area contributed by atoms with E-state index in [1.54, 1.807) is 4.90 Å². The highest BCUT2D eigenvalue weighted by Crippen LogP contribution is 2.34. The Labute approximate surface area is 224 Å². The fourth-order valence-electron chi connectivity index (χ4n) is 5.40. The van der Waals surface area contributed by atoms with E-state index < -0.39 is 11.9 Å². The van der Waals surface area contributed by atoms with Gasteiger partial charge >= 0.3 is 0 Å². The molecule has 0 bridgehead atoms. The van der Waals surface area contributed by atoms with Crippen molar-refractivity contribution in [2.24, 2.45) is 0 Å². The maximum Gasteiger partial charge on any atom is 0.255 e. The van der Waals surface area contributed by atoms with Crippen molar-refractivity contribution in [3.05, 3.63) is 87.0 Å². The number of likely N-dealkylation sites (tertiary alicyclic amines) is 1. The molecule has 9 heteroatoms. The summed E-state index contributed by atoms with van der Waals surface area (Å²) in [7, 11) is 0. The van der Waals surface area contributed by atoms with Gasteiger partial charge in [0.05, 0.1) is 15.7 Å². The number of imide groups is 1. The minimum atomic E-state index is -0.619. The average molecular weight is 535 g/mol. The molecule has 2 saturated heterocycles. The lowest BCUT2D eigenvalue weighted by atomic mass is 9.91. The molecule has 1 unspecified atom stereocenters. The van der Waals surface area contributed by atoms with Crippen LogP contribution in [0.5, 0.6) is 0 Å². The van der Waals surface area contributed by atoms with Gasteiger partial charge in [0.15, 0.2) is 0 Å². The molecule has 6 rings (SSSR count). The van der Waals surface area contributed by atoms with Crippen LogP contribution in [0, 0.1) is 0 Å². The molecule has 3 aliphatic rings. The van der Waals surface area contributed by atoms with Gasteiger partial charge in [0.1, 0.15) is 6.04 Å². The summed E-state index contributed by atoms with van der Waals surface area (Å²) in [6.45, 7) is 3.07. The molecule has 3 amide bonds. The quantitative estimate of drug-likeness (QED) is 0.490. The molecule has 3 aliphatic heterocycles. The van der Waals surface area contributed by atoms with Crippen molar-refractivity contribution in [1.29, 1.82) is 0 Å². The normalized spacial score (nSPS) is 20.1. The van der Waals surface area contributed by atoms with E-state index in [1.165, 1.54) is 11.1 Å². The zero-order valence-electron chi connectivity index (χ0n) is 19.9. The van der Waals surface area contributed by atoms with Crippen molar-refractivity contribution in [2.75, 3.05) is 13.1 Å². The fourth-order valence-corrected chi connectivity index (χ4v) is 5.71. The minimum Gasteiger partial charge on any atom is -0.322 e. The van der Waals surface area contributed by atoms with Gasteiger partial charge in [-0.2, -0.15) is 0 Å². The molecule has 0 aliphatic carbocycles. The predicted octanol–water partition coefficient (Wildman–Crippen LogP) is 4.42. The minimum absolute atomic E-state index is 0.174. The third-order valence-corrected chi connectivity index (χ3v) is 8.16. The molecule has 1 aromatic heterocycles. The summed E-state index contributed by atoms with van der Waals surface area (Å²) in [5.74, 6) is -0.425. The molecular weight excluding hydrogens is 511 g/mol. The smallest absolute Gasteiger partial charge is 0.255 e. The summed E-state index contributed by atoms with van der Waals surface area (Å²) < 4.78 is 0. The van der Waals surface area contributed by atoms with Crippen LogP contribution in [0.3, 0.4) is 0 Å². The van der Waals surface area contributed by atoms with Crippen LogP contribution in [-0.4, -0.2) is 51.6 Å². The Bertz CT molecular complexity index is 1440. The highest BCUT2D eigenvalue weighted by molar-refractivity contribution is 6.42. The van der Waals surface area contributed by atoms with Gasteiger partial charge in [0, 0.05) is 55.8 Å². The highest BCUT2D eigenvalue weighted by Gasteiger charge is 2.39. The molecule has 1 N–H and O–H groups in total. The summed E-state index contributed by atoms with van der Waals surface area (Å²) >= 11 is 12.2. The standard InChI is InChI=1S/C28H24Cl2N4O3/c29-22-4-2-17(11-23(22)30)20-13-33(14-20)12-16-7-8-31-24(9-16)18-1-3-21-19(10-18)15-34(28(21)37)25-5-6-26(35)32-27(25)36/h1-4,7-11,20,25H,5-6,12-15H2,(H,32,35,36). The molecule has 0 radical (unpaired) electrons. The van der Waals surface area contributed by atoms with E-state index in [0.717, 1.165) is 36.5 Å². The molecule has 7 nitrogen and oxygen atoms in total. The first kappa shape index (κ1) is 24.1. The number of hydrogen-bond acceptors (Lipinski definition) is 5. The Kier molecular flexibility index (Phi) is 6.23. The lowest BCUT2D eigenvalue weighted by Crippen LogP contribution is -2.52. The molecular formula is C28H24Cl2N4O3. The van der Waals surface area contributed by atoms with E-state index in [4.69, 9.17) is 23.2 Å². The van der Waals surface area contributed by atoms with Crippen LogP contribution in [0.2, 0.25) is 10.0 Å². The maximum atomic E-state index is 13.0. The van der Waals surface area contributed by atoms with Crippen LogP contribution < -0.4 is 5.32 Å². The second-order valence-corrected chi connectivity index (χ2v) is 10.7. The van der Waals surface area contributed by atoms with Gasteiger partial charge in [-0.3, -0.25) is 29.6 Å². The van der Waals surface area contributed by atoms with Crippen molar-refractivity contribution < 1.29 is 14.4 Å². The van der Waals surface area contributed by atoms with Gasteiger partial charge in [-0.05, 0) is 59.5 Å². The number of carbonyl (C=O) groups excluding carboxylic acids is 3. The number of fused-ring (bicyclic) bond motifs is 1. The topological polar surface area (TPSA) is 82.6 Å². The Hall–Kier alpha value is -3.26. The molecule has 2 aromatic carbocycles. The number of aromatic nitrogens is 1. The number of amides is 3. The van der Waals surface area contributed by atoms with Crippen molar-refractivity contribution in [1.82, 2.24) is 20.1 Å². The zero-order chi connectivity index (χ0) is 25.7. The number of rotatable bonds is 5. The average Bonchev–Trinajstić information content (AvgIpc) is 3.18. The molecule has 188 valence electrons. The Morgan fingerprint density at radius 2 is 1.81 bits per heavy atom. The predicted molar refractivity (Wildman–Crippen MR) is 140 cm³/mol. The van der Waals surface area contributed by atoms with Gasteiger partial charge in [0.2, 0.25) is 11.8 Å². The van der Waals surface area contributed by atoms with Gasteiger partial charge in [-0.15, -0.1) is 0 Å². The summed E-state index contributed by atoms with van der Waals surface area (Å²) in [5.41, 5.74) is 5.61. The van der Waals surface area contributed by atoms with Crippen LogP contribution in [0.25, 0.3) is 11.3 Å². The third kappa shape index (κ3) is 4.63. The fraction of sp³-hybridized carbons (Fsp3) is 0.286. The Balaban J connectivity index is 1.13. The van der Waals surface area contributed by atoms with Gasteiger partial charge in [0.25, 0.3) is 5.91 Å². The molecule has 2 fully saturated rings. The summed E-state index contributed by atoms with van der Waals surface area (Å²) in [6, 6.07) is 15.0. The summed E-state index contributed by atoms with van der Waals surface area (Å²) in [4.78, 5) is 45.3. The van der Waals surface area contributed by atoms with Crippen molar-refractivity contribution >= 4 is 40.9 Å². The van der Waals surface area contributed by atoms with E-state index in [-0.39, 0.29) is 18.2 Å². The van der Waals surface area contributed by atoms with Gasteiger partial charge < -0.3 is 4.90 Å². The number of hydrogen-bond donors (Lipinski definition) is 1. The second kappa shape index (κ2) is 9.56. The monoisotopic (exact) mass is 534 g/mol. The van der Waals surface area contributed by atoms with Crippen LogP contribution in [-0.2, 0) is 22.7 Å². The molecule has 3 aromatic rings. The molecule has 4 heterocycles. The molecule has 1 atom stereocenters. The van der Waals surface area contributed by atoms with E-state index in [2.05, 4.69) is 21.3 Å². The Morgan fingerprint density at radius 1 is 0.973 bits per heavy atom. The number of nitrogens with one attached hydrogen (secondary N) is 1. The first-order valence-electron chi connectivity index (χ1n) is 12.3. The van der Waals surface area contributed by atoms with Gasteiger partial charge in [-0.1, -0.05) is 35.3 Å². The van der Waals surface area contributed by atoms with E-state index in [0.29, 0.717) is 34.5 Å². The first-order valence-corrected chi connectivity index (χ1v) is 13.0. The first-order chi connectivity index (χ1) is 17.9. The van der Waals surface area contributed by atoms with Crippen molar-refractivity contribution in [2.45, 2.75) is 37.9 Å². The third-order valence-electron chi connectivity index (χ3n) is 7.42. The lowest BCUT2D eigenvalue weighted by Gasteiger charge is -2.39. The number of carbonyl (C=O) groups is 3. The van der Waals surface area contributed by atoms with Crippen LogP contribution in [0.4, 0.5) is 0 Å². The number of halogens is 2. The second-order valence-electron chi connectivity index (χ2n) is 9.89. The van der Waals surface area contributed by atoms with Crippen LogP contribution in [0.1, 0.15) is 45.8 Å². The van der Waals surface area contributed by atoms with E-state index in [9.17, 15) is 14.4 Å². The number of benzene rings is 2. The summed E-state index contributed by atoms with van der Waals surface area (Å²) in [5, 5.41) is 3.51. The van der Waals surface area contributed by atoms with E-state index >= 15 is 0 Å². The molecule has 0 saturated carbocycles. The van der Waals surface area contributed by atoms with Crippen molar-refractivity contribution in [3.63, 3.8) is 0 Å². The molecule has 37 heavy (non-hydrogen) atoms. The number of nitrogens with zero attached hydrogens (tertiary/aromatic N) is 3. The van der Waals surface area contributed by atoms with Crippen molar-refractivity contribution in [3.8, 4) is 11.3 Å². The number of piperidine rings is 1.